The molecular weight excluding hydrogens is 240 g/mol. The van der Waals surface area contributed by atoms with Crippen molar-refractivity contribution in [2.75, 3.05) is 6.54 Å². The fourth-order valence-corrected chi connectivity index (χ4v) is 3.45. The third-order valence-electron chi connectivity index (χ3n) is 4.77. The number of nitrogens with zero attached hydrogens (tertiary/aromatic N) is 1. The molecule has 3 atom stereocenters. The van der Waals surface area contributed by atoms with E-state index in [0.717, 1.165) is 6.54 Å². The average molecular weight is 266 g/mol. The van der Waals surface area contributed by atoms with E-state index >= 15 is 0 Å². The highest BCUT2D eigenvalue weighted by atomic mass is 16.2. The summed E-state index contributed by atoms with van der Waals surface area (Å²) in [5, 5.41) is 2.84. The molecule has 0 radical (unpaired) electrons. The zero-order valence-electron chi connectivity index (χ0n) is 12.5. The van der Waals surface area contributed by atoms with Gasteiger partial charge in [-0.25, -0.2) is 0 Å². The van der Waals surface area contributed by atoms with Gasteiger partial charge in [-0.2, -0.15) is 0 Å². The Morgan fingerprint density at radius 1 is 1.32 bits per heavy atom. The molecule has 0 aromatic rings. The van der Waals surface area contributed by atoms with Gasteiger partial charge in [-0.15, -0.1) is 0 Å². The predicted octanol–water partition coefficient (Wildman–Crippen LogP) is 1.94. The first-order valence-electron chi connectivity index (χ1n) is 7.50. The van der Waals surface area contributed by atoms with Crippen molar-refractivity contribution < 1.29 is 9.59 Å². The molecule has 1 saturated heterocycles. The molecule has 4 nitrogen and oxygen atoms in total. The second kappa shape index (κ2) is 5.14. The van der Waals surface area contributed by atoms with Crippen LogP contribution in [0.15, 0.2) is 0 Å². The van der Waals surface area contributed by atoms with Gasteiger partial charge >= 0.3 is 0 Å². The molecule has 2 aliphatic rings. The molecule has 1 saturated carbocycles. The number of hydrogen-bond donors (Lipinski definition) is 1. The fourth-order valence-electron chi connectivity index (χ4n) is 3.45. The molecule has 3 unspecified atom stereocenters. The Balaban J connectivity index is 2.17. The van der Waals surface area contributed by atoms with Crippen LogP contribution >= 0.6 is 0 Å². The van der Waals surface area contributed by atoms with Crippen LogP contribution in [0.1, 0.15) is 53.4 Å². The molecule has 1 aliphatic heterocycles. The number of amides is 2. The highest BCUT2D eigenvalue weighted by Gasteiger charge is 2.45. The summed E-state index contributed by atoms with van der Waals surface area (Å²) in [6.45, 7) is 8.57. The van der Waals surface area contributed by atoms with Gasteiger partial charge in [0.1, 0.15) is 11.6 Å². The molecule has 0 aromatic heterocycles. The van der Waals surface area contributed by atoms with Crippen LogP contribution in [0.25, 0.3) is 0 Å². The van der Waals surface area contributed by atoms with Crippen LogP contribution in [-0.2, 0) is 9.59 Å². The maximum Gasteiger partial charge on any atom is 0.248 e. The molecule has 2 amide bonds. The molecule has 4 heteroatoms. The molecule has 0 spiro atoms. The number of carbonyl (C=O) groups excluding carboxylic acids is 2. The third kappa shape index (κ3) is 2.63. The lowest BCUT2D eigenvalue weighted by Gasteiger charge is -2.44. The van der Waals surface area contributed by atoms with Crippen molar-refractivity contribution in [2.24, 2.45) is 11.8 Å². The Morgan fingerprint density at radius 2 is 2.00 bits per heavy atom. The first-order chi connectivity index (χ1) is 8.86. The average Bonchev–Trinajstić information content (AvgIpc) is 2.71. The van der Waals surface area contributed by atoms with Gasteiger partial charge < -0.3 is 10.2 Å². The number of nitrogens with one attached hydrogen (secondary N) is 1. The van der Waals surface area contributed by atoms with Crippen LogP contribution < -0.4 is 5.32 Å². The standard InChI is InChI=1S/C15H26N2O2/c1-5-12-13(18)16-15(3,4)14(19)17(12)9-11-8-6-7-10(11)2/h10-12H,5-9H2,1-4H3,(H,16,18). The second-order valence-electron chi connectivity index (χ2n) is 6.66. The molecule has 108 valence electrons. The van der Waals surface area contributed by atoms with Crippen molar-refractivity contribution in [1.82, 2.24) is 10.2 Å². The summed E-state index contributed by atoms with van der Waals surface area (Å²) in [5.41, 5.74) is -0.759. The summed E-state index contributed by atoms with van der Waals surface area (Å²) in [7, 11) is 0. The summed E-state index contributed by atoms with van der Waals surface area (Å²) >= 11 is 0. The lowest BCUT2D eigenvalue weighted by Crippen LogP contribution is -2.68. The predicted molar refractivity (Wildman–Crippen MR) is 74.5 cm³/mol. The maximum atomic E-state index is 12.6. The zero-order valence-corrected chi connectivity index (χ0v) is 12.5. The minimum Gasteiger partial charge on any atom is -0.340 e. The molecular formula is C15H26N2O2. The summed E-state index contributed by atoms with van der Waals surface area (Å²) in [6, 6.07) is -0.284. The van der Waals surface area contributed by atoms with Gasteiger partial charge in [0.05, 0.1) is 0 Å². The van der Waals surface area contributed by atoms with Crippen molar-refractivity contribution in [3.8, 4) is 0 Å². The Bertz CT molecular complexity index is 378. The first-order valence-corrected chi connectivity index (χ1v) is 7.50. The van der Waals surface area contributed by atoms with E-state index in [-0.39, 0.29) is 17.9 Å². The molecule has 2 fully saturated rings. The van der Waals surface area contributed by atoms with E-state index in [1.165, 1.54) is 19.3 Å². The van der Waals surface area contributed by atoms with Crippen molar-refractivity contribution >= 4 is 11.8 Å². The Labute approximate surface area is 115 Å². The van der Waals surface area contributed by atoms with Gasteiger partial charge in [0.25, 0.3) is 0 Å². The normalized spacial score (nSPS) is 34.5. The van der Waals surface area contributed by atoms with Crippen LogP contribution in [0.3, 0.4) is 0 Å². The minimum absolute atomic E-state index is 0.00208. The Morgan fingerprint density at radius 3 is 2.53 bits per heavy atom. The molecule has 19 heavy (non-hydrogen) atoms. The van der Waals surface area contributed by atoms with Crippen LogP contribution in [-0.4, -0.2) is 34.8 Å². The Kier molecular flexibility index (Phi) is 3.88. The summed E-state index contributed by atoms with van der Waals surface area (Å²) < 4.78 is 0. The highest BCUT2D eigenvalue weighted by Crippen LogP contribution is 2.33. The number of rotatable bonds is 3. The van der Waals surface area contributed by atoms with Crippen LogP contribution in [0.2, 0.25) is 0 Å². The van der Waals surface area contributed by atoms with Gasteiger partial charge in [0.15, 0.2) is 0 Å². The largest absolute Gasteiger partial charge is 0.340 e. The second-order valence-corrected chi connectivity index (χ2v) is 6.66. The molecule has 2 rings (SSSR count). The smallest absolute Gasteiger partial charge is 0.248 e. The van der Waals surface area contributed by atoms with Crippen LogP contribution in [0.4, 0.5) is 0 Å². The van der Waals surface area contributed by atoms with Crippen molar-refractivity contribution in [2.45, 2.75) is 65.0 Å². The number of hydrogen-bond acceptors (Lipinski definition) is 2. The number of piperazine rings is 1. The summed E-state index contributed by atoms with van der Waals surface area (Å²) in [4.78, 5) is 26.6. The van der Waals surface area contributed by atoms with Crippen molar-refractivity contribution in [1.29, 1.82) is 0 Å². The SMILES string of the molecule is CCC1C(=O)NC(C)(C)C(=O)N1CC1CCCC1C. The van der Waals surface area contributed by atoms with E-state index in [0.29, 0.717) is 18.3 Å². The first kappa shape index (κ1) is 14.4. The van der Waals surface area contributed by atoms with Crippen molar-refractivity contribution in [3.63, 3.8) is 0 Å². The molecule has 0 aromatic carbocycles. The van der Waals surface area contributed by atoms with E-state index in [1.807, 2.05) is 11.8 Å². The van der Waals surface area contributed by atoms with E-state index in [9.17, 15) is 9.59 Å². The summed E-state index contributed by atoms with van der Waals surface area (Å²) in [5.74, 6) is 1.29. The van der Waals surface area contributed by atoms with E-state index in [4.69, 9.17) is 0 Å². The van der Waals surface area contributed by atoms with Crippen molar-refractivity contribution in [3.05, 3.63) is 0 Å². The molecule has 0 bridgehead atoms. The topological polar surface area (TPSA) is 49.4 Å². The van der Waals surface area contributed by atoms with Crippen LogP contribution in [0, 0.1) is 11.8 Å². The number of carbonyl (C=O) groups is 2. The monoisotopic (exact) mass is 266 g/mol. The van der Waals surface area contributed by atoms with Gasteiger partial charge in [-0.05, 0) is 38.5 Å². The fraction of sp³-hybridized carbons (Fsp3) is 0.867. The highest BCUT2D eigenvalue weighted by molar-refractivity contribution is 5.99. The van der Waals surface area contributed by atoms with E-state index in [2.05, 4.69) is 12.2 Å². The maximum absolute atomic E-state index is 12.6. The minimum atomic E-state index is -0.759. The quantitative estimate of drug-likeness (QED) is 0.848. The molecule has 1 heterocycles. The molecule has 1 aliphatic carbocycles. The lowest BCUT2D eigenvalue weighted by atomic mass is 9.91. The van der Waals surface area contributed by atoms with Gasteiger partial charge in [-0.3, -0.25) is 9.59 Å². The van der Waals surface area contributed by atoms with Gasteiger partial charge in [0.2, 0.25) is 11.8 Å². The Hall–Kier alpha value is -1.06. The van der Waals surface area contributed by atoms with E-state index in [1.54, 1.807) is 13.8 Å². The summed E-state index contributed by atoms with van der Waals surface area (Å²) in [6.07, 6.45) is 4.37. The van der Waals surface area contributed by atoms with Gasteiger partial charge in [-0.1, -0.05) is 26.7 Å². The molecule has 1 N–H and O–H groups in total. The zero-order chi connectivity index (χ0) is 14.2. The lowest BCUT2D eigenvalue weighted by molar-refractivity contribution is -0.154. The van der Waals surface area contributed by atoms with Gasteiger partial charge in [0, 0.05) is 6.54 Å². The van der Waals surface area contributed by atoms with Crippen LogP contribution in [0.5, 0.6) is 0 Å². The van der Waals surface area contributed by atoms with E-state index < -0.39 is 5.54 Å². The third-order valence-corrected chi connectivity index (χ3v) is 4.77.